The van der Waals surface area contributed by atoms with Crippen LogP contribution in [0, 0.1) is 5.82 Å². The van der Waals surface area contributed by atoms with Crippen molar-refractivity contribution < 1.29 is 9.18 Å². The van der Waals surface area contributed by atoms with Gasteiger partial charge in [0, 0.05) is 30.5 Å². The number of benzene rings is 1. The molecule has 4 rings (SSSR count). The van der Waals surface area contributed by atoms with Gasteiger partial charge in [0.25, 0.3) is 0 Å². The molecule has 1 aliphatic carbocycles. The van der Waals surface area contributed by atoms with Crippen molar-refractivity contribution in [3.05, 3.63) is 60.2 Å². The highest BCUT2D eigenvalue weighted by Crippen LogP contribution is 2.41. The van der Waals surface area contributed by atoms with E-state index in [9.17, 15) is 9.18 Å². The van der Waals surface area contributed by atoms with Crippen LogP contribution in [0.25, 0.3) is 11.4 Å². The first-order chi connectivity index (χ1) is 13.6. The van der Waals surface area contributed by atoms with Gasteiger partial charge in [-0.15, -0.1) is 10.2 Å². The number of hydrogen-bond donors (Lipinski definition) is 1. The van der Waals surface area contributed by atoms with Crippen molar-refractivity contribution >= 4 is 17.7 Å². The van der Waals surface area contributed by atoms with E-state index in [1.54, 1.807) is 24.5 Å². The molecule has 8 heteroatoms. The maximum atomic E-state index is 13.0. The number of aromatic nitrogens is 4. The molecular formula is C20H20FN5OS. The summed E-state index contributed by atoms with van der Waals surface area (Å²) in [5.74, 6) is 0.405. The molecule has 28 heavy (non-hydrogen) atoms. The van der Waals surface area contributed by atoms with Crippen LogP contribution in [0.15, 0.2) is 53.9 Å². The molecule has 1 amide bonds. The van der Waals surface area contributed by atoms with E-state index in [-0.39, 0.29) is 17.0 Å². The Morgan fingerprint density at radius 3 is 2.75 bits per heavy atom. The molecule has 1 N–H and O–H groups in total. The zero-order valence-corrected chi connectivity index (χ0v) is 16.2. The zero-order valence-electron chi connectivity index (χ0n) is 15.4. The van der Waals surface area contributed by atoms with Crippen LogP contribution in [0.1, 0.15) is 31.4 Å². The number of halogens is 1. The topological polar surface area (TPSA) is 72.7 Å². The van der Waals surface area contributed by atoms with E-state index in [1.807, 2.05) is 19.1 Å². The van der Waals surface area contributed by atoms with Crippen LogP contribution in [0.3, 0.4) is 0 Å². The van der Waals surface area contributed by atoms with E-state index in [2.05, 4.69) is 25.1 Å². The molecule has 1 fully saturated rings. The molecular weight excluding hydrogens is 377 g/mol. The molecule has 1 aromatic carbocycles. The second-order valence-corrected chi connectivity index (χ2v) is 8.06. The number of thioether (sulfide) groups is 1. The Hall–Kier alpha value is -2.74. The molecule has 0 bridgehead atoms. The molecule has 0 unspecified atom stereocenters. The lowest BCUT2D eigenvalue weighted by atomic mass is 10.2. The first-order valence-corrected chi connectivity index (χ1v) is 10.0. The van der Waals surface area contributed by atoms with Crippen molar-refractivity contribution in [3.63, 3.8) is 0 Å². The second kappa shape index (κ2) is 8.10. The quantitative estimate of drug-likeness (QED) is 0.617. The van der Waals surface area contributed by atoms with Crippen LogP contribution in [-0.4, -0.2) is 30.9 Å². The molecule has 1 atom stereocenters. The molecule has 2 aromatic heterocycles. The third kappa shape index (κ3) is 4.22. The standard InChI is InChI=1S/C20H20FN5OS/c1-13(19(27)23-11-14-4-6-16(21)7-5-14)28-20-25-24-18(26(20)17-8-9-17)15-3-2-10-22-12-15/h2-7,10,12-13,17H,8-9,11H2,1H3,(H,23,27)/t13-/m0/s1. The second-order valence-electron chi connectivity index (χ2n) is 6.75. The van der Waals surface area contributed by atoms with Crippen molar-refractivity contribution in [2.24, 2.45) is 0 Å². The first kappa shape index (κ1) is 18.6. The van der Waals surface area contributed by atoms with Crippen molar-refractivity contribution in [2.75, 3.05) is 0 Å². The molecule has 3 aromatic rings. The highest BCUT2D eigenvalue weighted by Gasteiger charge is 2.31. The van der Waals surface area contributed by atoms with Gasteiger partial charge in [0.05, 0.1) is 5.25 Å². The minimum absolute atomic E-state index is 0.0948. The first-order valence-electron chi connectivity index (χ1n) is 9.16. The van der Waals surface area contributed by atoms with Gasteiger partial charge in [0.2, 0.25) is 5.91 Å². The summed E-state index contributed by atoms with van der Waals surface area (Å²) in [5, 5.41) is 12.0. The zero-order chi connectivity index (χ0) is 19.5. The number of hydrogen-bond acceptors (Lipinski definition) is 5. The maximum absolute atomic E-state index is 13.0. The number of rotatable bonds is 7. The third-order valence-corrected chi connectivity index (χ3v) is 5.58. The predicted octanol–water partition coefficient (Wildman–Crippen LogP) is 3.61. The van der Waals surface area contributed by atoms with Gasteiger partial charge in [0.15, 0.2) is 11.0 Å². The summed E-state index contributed by atoms with van der Waals surface area (Å²) < 4.78 is 15.1. The molecule has 144 valence electrons. The number of amides is 1. The van der Waals surface area contributed by atoms with Crippen molar-refractivity contribution in [1.82, 2.24) is 25.1 Å². The summed E-state index contributed by atoms with van der Waals surface area (Å²) >= 11 is 1.40. The van der Waals surface area contributed by atoms with E-state index < -0.39 is 0 Å². The van der Waals surface area contributed by atoms with Crippen LogP contribution in [0.2, 0.25) is 0 Å². The predicted molar refractivity (Wildman–Crippen MR) is 105 cm³/mol. The number of nitrogens with zero attached hydrogens (tertiary/aromatic N) is 4. The monoisotopic (exact) mass is 397 g/mol. The lowest BCUT2D eigenvalue weighted by molar-refractivity contribution is -0.120. The fraction of sp³-hybridized carbons (Fsp3) is 0.300. The Morgan fingerprint density at radius 2 is 2.07 bits per heavy atom. The minimum Gasteiger partial charge on any atom is -0.351 e. The lowest BCUT2D eigenvalue weighted by Crippen LogP contribution is -2.30. The number of nitrogens with one attached hydrogen (secondary N) is 1. The average molecular weight is 397 g/mol. The fourth-order valence-electron chi connectivity index (χ4n) is 2.86. The Morgan fingerprint density at radius 1 is 1.29 bits per heavy atom. The summed E-state index contributed by atoms with van der Waals surface area (Å²) in [6.45, 7) is 2.21. The van der Waals surface area contributed by atoms with E-state index >= 15 is 0 Å². The summed E-state index contributed by atoms with van der Waals surface area (Å²) in [4.78, 5) is 16.7. The molecule has 0 aliphatic heterocycles. The summed E-state index contributed by atoms with van der Waals surface area (Å²) in [7, 11) is 0. The Kier molecular flexibility index (Phi) is 5.38. The van der Waals surface area contributed by atoms with Crippen molar-refractivity contribution in [1.29, 1.82) is 0 Å². The Bertz CT molecular complexity index is 956. The Balaban J connectivity index is 1.44. The molecule has 1 aliphatic rings. The SMILES string of the molecule is C[C@H](Sc1nnc(-c2cccnc2)n1C1CC1)C(=O)NCc1ccc(F)cc1. The highest BCUT2D eigenvalue weighted by atomic mass is 32.2. The van der Waals surface area contributed by atoms with Gasteiger partial charge in [0.1, 0.15) is 5.82 Å². The molecule has 0 radical (unpaired) electrons. The van der Waals surface area contributed by atoms with Gasteiger partial charge in [-0.25, -0.2) is 4.39 Å². The summed E-state index contributed by atoms with van der Waals surface area (Å²) in [6.07, 6.45) is 5.68. The van der Waals surface area contributed by atoms with Crippen molar-refractivity contribution in [3.8, 4) is 11.4 Å². The van der Waals surface area contributed by atoms with Crippen LogP contribution >= 0.6 is 11.8 Å². The molecule has 2 heterocycles. The summed E-state index contributed by atoms with van der Waals surface area (Å²) in [5.41, 5.74) is 1.77. The van der Waals surface area contributed by atoms with Gasteiger partial charge < -0.3 is 5.32 Å². The minimum atomic E-state index is -0.330. The van der Waals surface area contributed by atoms with E-state index in [4.69, 9.17) is 0 Å². The van der Waals surface area contributed by atoms with Crippen LogP contribution < -0.4 is 5.32 Å². The normalized spacial score (nSPS) is 14.6. The van der Waals surface area contributed by atoms with Crippen LogP contribution in [-0.2, 0) is 11.3 Å². The fourth-order valence-corrected chi connectivity index (χ4v) is 3.80. The molecule has 0 spiro atoms. The summed E-state index contributed by atoms with van der Waals surface area (Å²) in [6, 6.07) is 10.3. The highest BCUT2D eigenvalue weighted by molar-refractivity contribution is 8.00. The van der Waals surface area contributed by atoms with Gasteiger partial charge in [-0.05, 0) is 49.6 Å². The molecule has 6 nitrogen and oxygen atoms in total. The van der Waals surface area contributed by atoms with E-state index in [1.165, 1.54) is 23.9 Å². The van der Waals surface area contributed by atoms with Crippen molar-refractivity contribution in [2.45, 2.75) is 42.8 Å². The average Bonchev–Trinajstić information content (AvgIpc) is 3.48. The van der Waals surface area contributed by atoms with E-state index in [0.29, 0.717) is 12.6 Å². The largest absolute Gasteiger partial charge is 0.351 e. The number of carbonyl (C=O) groups excluding carboxylic acids is 1. The van der Waals surface area contributed by atoms with Gasteiger partial charge in [-0.2, -0.15) is 0 Å². The Labute approximate surface area is 166 Å². The van der Waals surface area contributed by atoms with Gasteiger partial charge >= 0.3 is 0 Å². The molecule has 1 saturated carbocycles. The van der Waals surface area contributed by atoms with Gasteiger partial charge in [-0.3, -0.25) is 14.3 Å². The van der Waals surface area contributed by atoms with Crippen LogP contribution in [0.5, 0.6) is 0 Å². The molecule has 0 saturated heterocycles. The third-order valence-electron chi connectivity index (χ3n) is 4.53. The maximum Gasteiger partial charge on any atom is 0.233 e. The van der Waals surface area contributed by atoms with Crippen LogP contribution in [0.4, 0.5) is 4.39 Å². The number of carbonyl (C=O) groups is 1. The smallest absolute Gasteiger partial charge is 0.233 e. The lowest BCUT2D eigenvalue weighted by Gasteiger charge is -2.13. The number of pyridine rings is 1. The van der Waals surface area contributed by atoms with Gasteiger partial charge in [-0.1, -0.05) is 23.9 Å². The van der Waals surface area contributed by atoms with E-state index in [0.717, 1.165) is 34.9 Å².